The molecule has 0 aliphatic carbocycles. The third-order valence-electron chi connectivity index (χ3n) is 2.50. The second kappa shape index (κ2) is 5.54. The van der Waals surface area contributed by atoms with E-state index >= 15 is 0 Å². The lowest BCUT2D eigenvalue weighted by Gasteiger charge is -2.07. The van der Waals surface area contributed by atoms with Gasteiger partial charge in [-0.25, -0.2) is 18.4 Å². The molecule has 0 radical (unpaired) electrons. The fraction of sp³-hybridized carbons (Fsp3) is 0.167. The summed E-state index contributed by atoms with van der Waals surface area (Å²) in [5.41, 5.74) is 1.07. The highest BCUT2D eigenvalue weighted by Crippen LogP contribution is 2.15. The van der Waals surface area contributed by atoms with Gasteiger partial charge < -0.3 is 0 Å². The average Bonchev–Trinajstić information content (AvgIpc) is 2.41. The minimum atomic E-state index is -3.65. The first-order valence-electron chi connectivity index (χ1n) is 5.60. The second-order valence-electron chi connectivity index (χ2n) is 3.83. The Morgan fingerprint density at radius 2 is 1.84 bits per heavy atom. The van der Waals surface area contributed by atoms with E-state index in [1.807, 2.05) is 6.92 Å². The highest BCUT2D eigenvalue weighted by molar-refractivity contribution is 7.92. The van der Waals surface area contributed by atoms with Crippen LogP contribution in [-0.4, -0.2) is 18.4 Å². The maximum absolute atomic E-state index is 12.1. The monoisotopic (exact) mass is 297 g/mol. The summed E-state index contributed by atoms with van der Waals surface area (Å²) in [6.45, 7) is 2.01. The van der Waals surface area contributed by atoms with Crippen molar-refractivity contribution in [3.63, 3.8) is 0 Å². The van der Waals surface area contributed by atoms with Crippen LogP contribution in [0.25, 0.3) is 0 Å². The van der Waals surface area contributed by atoms with E-state index in [2.05, 4.69) is 14.7 Å². The van der Waals surface area contributed by atoms with Gasteiger partial charge >= 0.3 is 0 Å². The minimum absolute atomic E-state index is 0.129. The Morgan fingerprint density at radius 1 is 1.16 bits per heavy atom. The van der Waals surface area contributed by atoms with Gasteiger partial charge in [-0.15, -0.1) is 0 Å². The second-order valence-corrected chi connectivity index (χ2v) is 5.90. The standard InChI is InChI=1S/C12H12ClN3O2S/c1-2-9-3-5-10(6-4-9)19(17,18)16-12-8-14-11(13)7-15-12/h3-8H,2H2,1H3,(H,15,16). The molecule has 0 bridgehead atoms. The van der Waals surface area contributed by atoms with E-state index in [4.69, 9.17) is 11.6 Å². The number of aromatic nitrogens is 2. The number of halogens is 1. The smallest absolute Gasteiger partial charge is 0.262 e. The number of hydrogen-bond donors (Lipinski definition) is 1. The van der Waals surface area contributed by atoms with E-state index < -0.39 is 10.0 Å². The van der Waals surface area contributed by atoms with Gasteiger partial charge in [0.05, 0.1) is 17.3 Å². The maximum atomic E-state index is 12.1. The molecule has 2 aromatic rings. The van der Waals surface area contributed by atoms with Crippen LogP contribution in [-0.2, 0) is 16.4 Å². The molecule has 7 heteroatoms. The summed E-state index contributed by atoms with van der Waals surface area (Å²) in [6.07, 6.45) is 3.40. The first kappa shape index (κ1) is 13.8. The zero-order valence-electron chi connectivity index (χ0n) is 10.2. The molecule has 1 aromatic heterocycles. The molecule has 1 N–H and O–H groups in total. The summed E-state index contributed by atoms with van der Waals surface area (Å²) in [6, 6.07) is 6.68. The number of aryl methyl sites for hydroxylation is 1. The highest BCUT2D eigenvalue weighted by atomic mass is 35.5. The predicted octanol–water partition coefficient (Wildman–Crippen LogP) is 2.49. The number of sulfonamides is 1. The predicted molar refractivity (Wildman–Crippen MR) is 73.7 cm³/mol. The molecule has 0 saturated carbocycles. The lowest BCUT2D eigenvalue weighted by molar-refractivity contribution is 0.601. The number of anilines is 1. The quantitative estimate of drug-likeness (QED) is 0.941. The van der Waals surface area contributed by atoms with Crippen LogP contribution in [0.3, 0.4) is 0 Å². The molecule has 0 aliphatic heterocycles. The molecule has 1 aromatic carbocycles. The summed E-state index contributed by atoms with van der Waals surface area (Å²) in [4.78, 5) is 7.78. The Bertz CT molecular complexity index is 654. The van der Waals surface area contributed by atoms with Gasteiger partial charge in [-0.3, -0.25) is 4.72 Å². The topological polar surface area (TPSA) is 72.0 Å². The number of hydrogen-bond acceptors (Lipinski definition) is 4. The number of rotatable bonds is 4. The van der Waals surface area contributed by atoms with E-state index in [0.29, 0.717) is 0 Å². The van der Waals surface area contributed by atoms with Crippen molar-refractivity contribution >= 4 is 27.4 Å². The van der Waals surface area contributed by atoms with Gasteiger partial charge in [0, 0.05) is 0 Å². The van der Waals surface area contributed by atoms with Gasteiger partial charge in [0.2, 0.25) is 0 Å². The van der Waals surface area contributed by atoms with E-state index in [-0.39, 0.29) is 15.9 Å². The Hall–Kier alpha value is -1.66. The Morgan fingerprint density at radius 3 is 2.37 bits per heavy atom. The zero-order valence-corrected chi connectivity index (χ0v) is 11.7. The third-order valence-corrected chi connectivity index (χ3v) is 4.07. The molecule has 19 heavy (non-hydrogen) atoms. The van der Waals surface area contributed by atoms with Crippen LogP contribution in [0.2, 0.25) is 5.15 Å². The molecular weight excluding hydrogens is 286 g/mol. The molecule has 0 saturated heterocycles. The van der Waals surface area contributed by atoms with Crippen molar-refractivity contribution in [2.45, 2.75) is 18.2 Å². The first-order valence-corrected chi connectivity index (χ1v) is 7.46. The normalized spacial score (nSPS) is 11.3. The summed E-state index contributed by atoms with van der Waals surface area (Å²) in [7, 11) is -3.65. The van der Waals surface area contributed by atoms with Crippen molar-refractivity contribution in [3.05, 3.63) is 47.4 Å². The molecule has 0 unspecified atom stereocenters. The van der Waals surface area contributed by atoms with Crippen molar-refractivity contribution in [2.24, 2.45) is 0 Å². The number of nitrogens with zero attached hydrogens (tertiary/aromatic N) is 2. The van der Waals surface area contributed by atoms with Crippen LogP contribution in [0.15, 0.2) is 41.6 Å². The van der Waals surface area contributed by atoms with E-state index in [0.717, 1.165) is 12.0 Å². The van der Waals surface area contributed by atoms with Crippen LogP contribution in [0.5, 0.6) is 0 Å². The molecule has 0 spiro atoms. The average molecular weight is 298 g/mol. The SMILES string of the molecule is CCc1ccc(S(=O)(=O)Nc2cnc(Cl)cn2)cc1. The van der Waals surface area contributed by atoms with Gasteiger partial charge in [0.25, 0.3) is 10.0 Å². The van der Waals surface area contributed by atoms with Gasteiger partial charge in [-0.1, -0.05) is 30.7 Å². The largest absolute Gasteiger partial charge is 0.263 e. The highest BCUT2D eigenvalue weighted by Gasteiger charge is 2.14. The lowest BCUT2D eigenvalue weighted by atomic mass is 10.2. The third kappa shape index (κ3) is 3.42. The first-order chi connectivity index (χ1) is 9.01. The minimum Gasteiger partial charge on any atom is -0.262 e. The number of nitrogens with one attached hydrogen (secondary N) is 1. The van der Waals surface area contributed by atoms with Crippen molar-refractivity contribution in [3.8, 4) is 0 Å². The van der Waals surface area contributed by atoms with Crippen LogP contribution in [0.1, 0.15) is 12.5 Å². The van der Waals surface area contributed by atoms with Crippen molar-refractivity contribution in [2.75, 3.05) is 4.72 Å². The maximum Gasteiger partial charge on any atom is 0.263 e. The summed E-state index contributed by atoms with van der Waals surface area (Å²) >= 11 is 5.58. The Labute approximate surface area is 116 Å². The molecule has 0 amide bonds. The summed E-state index contributed by atoms with van der Waals surface area (Å²) < 4.78 is 26.5. The molecule has 0 aliphatic rings. The van der Waals surface area contributed by atoms with Crippen LogP contribution >= 0.6 is 11.6 Å². The summed E-state index contributed by atoms with van der Waals surface area (Å²) in [5, 5.41) is 0.204. The van der Waals surface area contributed by atoms with Crippen LogP contribution in [0, 0.1) is 0 Å². The van der Waals surface area contributed by atoms with E-state index in [9.17, 15) is 8.42 Å². The van der Waals surface area contributed by atoms with Crippen molar-refractivity contribution < 1.29 is 8.42 Å². The number of benzene rings is 1. The van der Waals surface area contributed by atoms with Crippen LogP contribution in [0.4, 0.5) is 5.82 Å². The fourth-order valence-corrected chi connectivity index (χ4v) is 2.56. The Kier molecular flexibility index (Phi) is 4.01. The molecular formula is C12H12ClN3O2S. The van der Waals surface area contributed by atoms with Gasteiger partial charge in [0.15, 0.2) is 5.82 Å². The summed E-state index contributed by atoms with van der Waals surface area (Å²) in [5.74, 6) is 0.129. The molecule has 100 valence electrons. The molecule has 0 atom stereocenters. The fourth-order valence-electron chi connectivity index (χ4n) is 1.47. The van der Waals surface area contributed by atoms with Gasteiger partial charge in [0.1, 0.15) is 5.15 Å². The zero-order chi connectivity index (χ0) is 13.9. The van der Waals surface area contributed by atoms with E-state index in [1.165, 1.54) is 12.4 Å². The van der Waals surface area contributed by atoms with Gasteiger partial charge in [-0.05, 0) is 24.1 Å². The molecule has 5 nitrogen and oxygen atoms in total. The molecule has 2 rings (SSSR count). The Balaban J connectivity index is 2.24. The van der Waals surface area contributed by atoms with E-state index in [1.54, 1.807) is 24.3 Å². The van der Waals surface area contributed by atoms with Crippen molar-refractivity contribution in [1.82, 2.24) is 9.97 Å². The van der Waals surface area contributed by atoms with Crippen LogP contribution < -0.4 is 4.72 Å². The van der Waals surface area contributed by atoms with Crippen molar-refractivity contribution in [1.29, 1.82) is 0 Å². The lowest BCUT2D eigenvalue weighted by Crippen LogP contribution is -2.14. The molecule has 0 fully saturated rings. The molecule has 1 heterocycles. The van der Waals surface area contributed by atoms with Gasteiger partial charge in [-0.2, -0.15) is 0 Å².